The second-order valence-electron chi connectivity index (χ2n) is 13.6. The van der Waals surface area contributed by atoms with Crippen LogP contribution in [0.25, 0.3) is 0 Å². The molecule has 0 saturated carbocycles. The summed E-state index contributed by atoms with van der Waals surface area (Å²) < 4.78 is 31.4. The Morgan fingerprint density at radius 3 is 2.45 bits per heavy atom. The van der Waals surface area contributed by atoms with Crippen LogP contribution in [0.3, 0.4) is 0 Å². The van der Waals surface area contributed by atoms with E-state index in [-0.39, 0.29) is 24.4 Å². The van der Waals surface area contributed by atoms with Crippen LogP contribution in [0.1, 0.15) is 100 Å². The number of fused-ring (bicyclic) bond motifs is 2. The summed E-state index contributed by atoms with van der Waals surface area (Å²) in [6.45, 7) is 22.3. The first-order valence-electron chi connectivity index (χ1n) is 16.1. The van der Waals surface area contributed by atoms with Crippen molar-refractivity contribution in [2.75, 3.05) is 6.61 Å². The largest absolute Gasteiger partial charge is 0.450 e. The molecule has 1 saturated heterocycles. The SMILES string of the molecule is C=CC(C)[Si](OC1CC/C=C/CC(C2COC(C)(C)O2)OC(=O)C#CCC2C=CCC(CC(C)C1)O2)(C(C)C)C(C)C. The smallest absolute Gasteiger partial charge is 0.384 e. The van der Waals surface area contributed by atoms with E-state index in [1.165, 1.54) is 0 Å². The first-order chi connectivity index (χ1) is 19.9. The minimum atomic E-state index is -2.17. The van der Waals surface area contributed by atoms with Crippen molar-refractivity contribution in [3.63, 3.8) is 0 Å². The molecule has 0 aromatic carbocycles. The van der Waals surface area contributed by atoms with Gasteiger partial charge in [0.2, 0.25) is 8.32 Å². The Balaban J connectivity index is 1.85. The zero-order valence-corrected chi connectivity index (χ0v) is 28.4. The van der Waals surface area contributed by atoms with Crippen molar-refractivity contribution >= 4 is 14.3 Å². The molecule has 1 fully saturated rings. The van der Waals surface area contributed by atoms with Gasteiger partial charge < -0.3 is 23.4 Å². The van der Waals surface area contributed by atoms with Gasteiger partial charge in [-0.25, -0.2) is 4.79 Å². The summed E-state index contributed by atoms with van der Waals surface area (Å²) in [5.41, 5.74) is 1.32. The molecule has 0 N–H and O–H groups in total. The van der Waals surface area contributed by atoms with E-state index in [4.69, 9.17) is 23.4 Å². The van der Waals surface area contributed by atoms with Gasteiger partial charge in [0.05, 0.1) is 18.8 Å². The molecule has 0 amide bonds. The zero-order valence-electron chi connectivity index (χ0n) is 27.4. The average molecular weight is 601 g/mol. The topological polar surface area (TPSA) is 63.2 Å². The molecule has 0 aromatic rings. The van der Waals surface area contributed by atoms with Gasteiger partial charge >= 0.3 is 5.97 Å². The number of carbonyl (C=O) groups excluding carboxylic acids is 1. The van der Waals surface area contributed by atoms with Crippen molar-refractivity contribution < 1.29 is 28.2 Å². The molecule has 0 spiro atoms. The highest BCUT2D eigenvalue weighted by atomic mass is 28.4. The third-order valence-electron chi connectivity index (χ3n) is 9.08. The molecule has 7 atom stereocenters. The highest BCUT2D eigenvalue weighted by Gasteiger charge is 2.47. The van der Waals surface area contributed by atoms with Crippen LogP contribution in [0.2, 0.25) is 16.6 Å². The van der Waals surface area contributed by atoms with Gasteiger partial charge in [-0.05, 0) is 68.5 Å². The van der Waals surface area contributed by atoms with Crippen molar-refractivity contribution in [1.29, 1.82) is 0 Å². The second-order valence-corrected chi connectivity index (χ2v) is 18.7. The lowest BCUT2D eigenvalue weighted by atomic mass is 9.93. The van der Waals surface area contributed by atoms with Crippen LogP contribution >= 0.6 is 0 Å². The summed E-state index contributed by atoms with van der Waals surface area (Å²) in [6, 6.07) is 0. The number of hydrogen-bond acceptors (Lipinski definition) is 6. The maximum Gasteiger partial charge on any atom is 0.384 e. The number of esters is 1. The Morgan fingerprint density at radius 1 is 1.07 bits per heavy atom. The predicted molar refractivity (Wildman–Crippen MR) is 171 cm³/mol. The molecule has 7 unspecified atom stereocenters. The number of cyclic esters (lactones) is 1. The summed E-state index contributed by atoms with van der Waals surface area (Å²) in [5, 5.41) is 0. The molecule has 0 radical (unpaired) electrons. The predicted octanol–water partition coefficient (Wildman–Crippen LogP) is 8.04. The van der Waals surface area contributed by atoms with Gasteiger partial charge in [0, 0.05) is 24.9 Å². The molecule has 6 nitrogen and oxygen atoms in total. The molecule has 236 valence electrons. The van der Waals surface area contributed by atoms with Crippen molar-refractivity contribution in [3.8, 4) is 11.8 Å². The second kappa shape index (κ2) is 15.9. The van der Waals surface area contributed by atoms with Crippen LogP contribution < -0.4 is 0 Å². The van der Waals surface area contributed by atoms with Crippen molar-refractivity contribution in [3.05, 3.63) is 37.0 Å². The van der Waals surface area contributed by atoms with Crippen LogP contribution in [-0.2, 0) is 28.2 Å². The molecule has 3 aliphatic rings. The van der Waals surface area contributed by atoms with Crippen LogP contribution in [0.15, 0.2) is 37.0 Å². The van der Waals surface area contributed by atoms with Crippen molar-refractivity contribution in [2.24, 2.45) is 5.92 Å². The summed E-state index contributed by atoms with van der Waals surface area (Å²) in [6.07, 6.45) is 15.7. The Bertz CT molecular complexity index is 997. The lowest BCUT2D eigenvalue weighted by Gasteiger charge is -2.45. The molecule has 7 heteroatoms. The van der Waals surface area contributed by atoms with Crippen LogP contribution in [0, 0.1) is 17.8 Å². The maximum absolute atomic E-state index is 12.7. The van der Waals surface area contributed by atoms with Gasteiger partial charge in [-0.2, -0.15) is 0 Å². The van der Waals surface area contributed by atoms with E-state index in [2.05, 4.69) is 90.3 Å². The number of ether oxygens (including phenoxy) is 4. The van der Waals surface area contributed by atoms with E-state index in [1.807, 2.05) is 13.8 Å². The van der Waals surface area contributed by atoms with Crippen molar-refractivity contribution in [1.82, 2.24) is 0 Å². The van der Waals surface area contributed by atoms with Crippen LogP contribution in [0.5, 0.6) is 0 Å². The van der Waals surface area contributed by atoms with E-state index in [1.54, 1.807) is 0 Å². The van der Waals surface area contributed by atoms with Gasteiger partial charge in [-0.1, -0.05) is 77.8 Å². The molecule has 0 aliphatic carbocycles. The number of carbonyl (C=O) groups is 1. The molecular weight excluding hydrogens is 544 g/mol. The lowest BCUT2D eigenvalue weighted by Crippen LogP contribution is -2.50. The minimum Gasteiger partial charge on any atom is -0.450 e. The van der Waals surface area contributed by atoms with E-state index in [0.717, 1.165) is 32.1 Å². The van der Waals surface area contributed by atoms with E-state index < -0.39 is 26.2 Å². The molecule has 3 aliphatic heterocycles. The van der Waals surface area contributed by atoms with Gasteiger partial charge in [0.1, 0.15) is 12.2 Å². The van der Waals surface area contributed by atoms with Crippen molar-refractivity contribution in [2.45, 2.75) is 153 Å². The highest BCUT2D eigenvalue weighted by Crippen LogP contribution is 2.45. The summed E-state index contributed by atoms with van der Waals surface area (Å²) in [7, 11) is -2.17. The third kappa shape index (κ3) is 9.66. The van der Waals surface area contributed by atoms with Crippen LogP contribution in [0.4, 0.5) is 0 Å². The minimum absolute atomic E-state index is 0.122. The first-order valence-corrected chi connectivity index (χ1v) is 18.3. The van der Waals surface area contributed by atoms with Gasteiger partial charge in [0.25, 0.3) is 0 Å². The highest BCUT2D eigenvalue weighted by molar-refractivity contribution is 6.78. The molecule has 3 rings (SSSR count). The molecule has 2 bridgehead atoms. The first kappa shape index (κ1) is 34.8. The maximum atomic E-state index is 12.7. The fourth-order valence-corrected chi connectivity index (χ4v) is 12.3. The quantitative estimate of drug-likeness (QED) is 0.0969. The Labute approximate surface area is 256 Å². The van der Waals surface area contributed by atoms with Crippen LogP contribution in [-0.4, -0.2) is 57.2 Å². The fraction of sp³-hybridized carbons (Fsp3) is 0.743. The Kier molecular flexibility index (Phi) is 13.1. The standard InChI is InChI=1S/C35H56O6Si/c1-10-28(7)42(25(2)3,26(4)5)41-31-16-12-11-13-20-32(33-24-37-35(8,9)40-33)39-34(36)21-15-18-29-17-14-19-30(38-29)22-27(6)23-31/h10-11,13-14,17,25-33H,1,12,16,18-20,22-24H2,2-9H3/b13-11+. The Morgan fingerprint density at radius 2 is 1.81 bits per heavy atom. The van der Waals surface area contributed by atoms with E-state index in [0.29, 0.717) is 42.0 Å². The third-order valence-corrected chi connectivity index (χ3v) is 15.1. The number of hydrogen-bond donors (Lipinski definition) is 0. The Hall–Kier alpha value is -1.69. The van der Waals surface area contributed by atoms with Gasteiger partial charge in [-0.3, -0.25) is 0 Å². The fourth-order valence-electron chi connectivity index (χ4n) is 6.98. The molecular formula is C35H56O6Si. The summed E-state index contributed by atoms with van der Waals surface area (Å²) >= 11 is 0. The monoisotopic (exact) mass is 600 g/mol. The molecule has 0 aromatic heterocycles. The number of rotatable bonds is 7. The number of allylic oxidation sites excluding steroid dienone is 2. The molecule has 42 heavy (non-hydrogen) atoms. The van der Waals surface area contributed by atoms with Gasteiger partial charge in [0.15, 0.2) is 5.79 Å². The van der Waals surface area contributed by atoms with E-state index in [9.17, 15) is 4.79 Å². The lowest BCUT2D eigenvalue weighted by molar-refractivity contribution is -0.166. The normalized spacial score (nSPS) is 32.8. The van der Waals surface area contributed by atoms with Gasteiger partial charge in [-0.15, -0.1) is 6.58 Å². The summed E-state index contributed by atoms with van der Waals surface area (Å²) in [4.78, 5) is 12.7. The molecule has 3 heterocycles. The zero-order chi connectivity index (χ0) is 30.9. The average Bonchev–Trinajstić information content (AvgIpc) is 3.28. The summed E-state index contributed by atoms with van der Waals surface area (Å²) in [5.74, 6) is 4.87. The van der Waals surface area contributed by atoms with E-state index >= 15 is 0 Å².